The van der Waals surface area contributed by atoms with Gasteiger partial charge in [0, 0.05) is 10.4 Å². The van der Waals surface area contributed by atoms with Gasteiger partial charge in [0.25, 0.3) is 0 Å². The van der Waals surface area contributed by atoms with E-state index in [0.717, 1.165) is 0 Å². The van der Waals surface area contributed by atoms with Crippen LogP contribution < -0.4 is 4.74 Å². The van der Waals surface area contributed by atoms with E-state index in [1.165, 1.54) is 18.2 Å². The maximum absolute atomic E-state index is 12.6. The van der Waals surface area contributed by atoms with Crippen LogP contribution in [0, 0.1) is 0 Å². The molecular formula is C20H15ClF3NO3. The summed E-state index contributed by atoms with van der Waals surface area (Å²) in [5.41, 5.74) is 1.48. The molecule has 0 aliphatic heterocycles. The first-order valence-electron chi connectivity index (χ1n) is 8.29. The van der Waals surface area contributed by atoms with Crippen molar-refractivity contribution >= 4 is 28.5 Å². The lowest BCUT2D eigenvalue weighted by molar-refractivity contribution is -0.274. The van der Waals surface area contributed by atoms with Crippen LogP contribution in [0.4, 0.5) is 13.2 Å². The van der Waals surface area contributed by atoms with Gasteiger partial charge in [-0.1, -0.05) is 37.6 Å². The summed E-state index contributed by atoms with van der Waals surface area (Å²) >= 11 is 6.11. The van der Waals surface area contributed by atoms with Gasteiger partial charge in [-0.15, -0.1) is 13.2 Å². The molecule has 8 heteroatoms. The number of pyridine rings is 1. The number of carbonyl (C=O) groups is 1. The predicted molar refractivity (Wildman–Crippen MR) is 99.9 cm³/mol. The Hall–Kier alpha value is -2.80. The largest absolute Gasteiger partial charge is 0.573 e. The van der Waals surface area contributed by atoms with Crippen molar-refractivity contribution in [1.82, 2.24) is 4.98 Å². The van der Waals surface area contributed by atoms with E-state index in [4.69, 9.17) is 11.6 Å². The average molecular weight is 410 g/mol. The van der Waals surface area contributed by atoms with Gasteiger partial charge >= 0.3 is 12.3 Å². The molecule has 1 heterocycles. The Balaban J connectivity index is 2.38. The molecule has 4 nitrogen and oxygen atoms in total. The number of ether oxygens (including phenoxy) is 1. The molecule has 28 heavy (non-hydrogen) atoms. The summed E-state index contributed by atoms with van der Waals surface area (Å²) in [7, 11) is 0. The summed E-state index contributed by atoms with van der Waals surface area (Å²) in [6, 6.07) is 10.2. The van der Waals surface area contributed by atoms with Crippen molar-refractivity contribution in [2.75, 3.05) is 0 Å². The van der Waals surface area contributed by atoms with Crippen LogP contribution in [-0.4, -0.2) is 22.4 Å². The van der Waals surface area contributed by atoms with Crippen molar-refractivity contribution in [3.8, 4) is 16.9 Å². The number of halogens is 4. The summed E-state index contributed by atoms with van der Waals surface area (Å²) in [6.07, 6.45) is -4.84. The maximum atomic E-state index is 12.6. The van der Waals surface area contributed by atoms with Gasteiger partial charge in [-0.05, 0) is 52.9 Å². The molecule has 0 unspecified atom stereocenters. The third kappa shape index (κ3) is 4.04. The molecule has 2 aromatic carbocycles. The van der Waals surface area contributed by atoms with E-state index < -0.39 is 18.1 Å². The SMILES string of the molecule is CC(C)c1c(C(=O)O)nc2ccc(Cl)cc2c1-c1cccc(OC(F)(F)F)c1. The number of fused-ring (bicyclic) bond motifs is 1. The highest BCUT2D eigenvalue weighted by Crippen LogP contribution is 2.39. The summed E-state index contributed by atoms with van der Waals surface area (Å²) in [5.74, 6) is -1.88. The smallest absolute Gasteiger partial charge is 0.477 e. The third-order valence-electron chi connectivity index (χ3n) is 4.12. The van der Waals surface area contributed by atoms with Crippen LogP contribution in [0.3, 0.4) is 0 Å². The molecule has 0 spiro atoms. The number of benzene rings is 2. The van der Waals surface area contributed by atoms with Gasteiger partial charge in [-0.2, -0.15) is 0 Å². The van der Waals surface area contributed by atoms with Crippen LogP contribution in [0.2, 0.25) is 5.02 Å². The van der Waals surface area contributed by atoms with E-state index in [9.17, 15) is 23.1 Å². The standard InChI is InChI=1S/C20H15ClF3NO3/c1-10(2)16-17(11-4-3-5-13(8-11)28-20(22,23)24)14-9-12(21)6-7-15(14)25-18(16)19(26)27/h3-10H,1-2H3,(H,26,27). The number of hydrogen-bond donors (Lipinski definition) is 1. The van der Waals surface area contributed by atoms with Crippen LogP contribution in [-0.2, 0) is 0 Å². The lowest BCUT2D eigenvalue weighted by Gasteiger charge is -2.19. The summed E-state index contributed by atoms with van der Waals surface area (Å²) in [5, 5.41) is 10.6. The molecule has 0 saturated heterocycles. The molecule has 1 aromatic heterocycles. The Bertz CT molecular complexity index is 1060. The minimum absolute atomic E-state index is 0.151. The monoisotopic (exact) mass is 409 g/mol. The van der Waals surface area contributed by atoms with Gasteiger partial charge in [-0.25, -0.2) is 9.78 Å². The number of aromatic nitrogens is 1. The predicted octanol–water partition coefficient (Wildman–Crippen LogP) is 6.28. The van der Waals surface area contributed by atoms with E-state index >= 15 is 0 Å². The highest BCUT2D eigenvalue weighted by atomic mass is 35.5. The summed E-state index contributed by atoms with van der Waals surface area (Å²) < 4.78 is 41.9. The highest BCUT2D eigenvalue weighted by molar-refractivity contribution is 6.31. The van der Waals surface area contributed by atoms with Crippen LogP contribution in [0.25, 0.3) is 22.0 Å². The Kier molecular flexibility index (Phi) is 5.21. The molecule has 0 radical (unpaired) electrons. The molecule has 3 rings (SSSR count). The Morgan fingerprint density at radius 1 is 1.18 bits per heavy atom. The number of carboxylic acids is 1. The minimum Gasteiger partial charge on any atom is -0.477 e. The zero-order chi connectivity index (χ0) is 20.6. The molecule has 1 N–H and O–H groups in total. The summed E-state index contributed by atoms with van der Waals surface area (Å²) in [4.78, 5) is 16.0. The van der Waals surface area contributed by atoms with E-state index in [1.54, 1.807) is 38.1 Å². The maximum Gasteiger partial charge on any atom is 0.573 e. The van der Waals surface area contributed by atoms with E-state index in [-0.39, 0.29) is 11.6 Å². The van der Waals surface area contributed by atoms with Gasteiger partial charge in [0.1, 0.15) is 5.75 Å². The first kappa shape index (κ1) is 19.9. The number of nitrogens with zero attached hydrogens (tertiary/aromatic N) is 1. The van der Waals surface area contributed by atoms with E-state index in [1.807, 2.05) is 0 Å². The Morgan fingerprint density at radius 3 is 2.50 bits per heavy atom. The quantitative estimate of drug-likeness (QED) is 0.551. The van der Waals surface area contributed by atoms with Crippen LogP contribution in [0.15, 0.2) is 42.5 Å². The number of hydrogen-bond acceptors (Lipinski definition) is 3. The second kappa shape index (κ2) is 7.31. The van der Waals surface area contributed by atoms with Crippen molar-refractivity contribution in [2.24, 2.45) is 0 Å². The molecule has 3 aromatic rings. The van der Waals surface area contributed by atoms with Gasteiger partial charge < -0.3 is 9.84 Å². The number of aromatic carboxylic acids is 1. The van der Waals surface area contributed by atoms with Crippen LogP contribution >= 0.6 is 11.6 Å². The van der Waals surface area contributed by atoms with Gasteiger partial charge in [0.05, 0.1) is 5.52 Å². The fraction of sp³-hybridized carbons (Fsp3) is 0.200. The third-order valence-corrected chi connectivity index (χ3v) is 4.36. The first-order chi connectivity index (χ1) is 13.1. The van der Waals surface area contributed by atoms with Crippen molar-refractivity contribution in [1.29, 1.82) is 0 Å². The van der Waals surface area contributed by atoms with Crippen molar-refractivity contribution in [3.05, 3.63) is 58.7 Å². The second-order valence-electron chi connectivity index (χ2n) is 6.45. The number of carboxylic acid groups (broad SMARTS) is 1. The van der Waals surface area contributed by atoms with Crippen LogP contribution in [0.5, 0.6) is 5.75 Å². The zero-order valence-electron chi connectivity index (χ0n) is 14.8. The molecule has 0 saturated carbocycles. The zero-order valence-corrected chi connectivity index (χ0v) is 15.6. The van der Waals surface area contributed by atoms with Gasteiger partial charge in [-0.3, -0.25) is 0 Å². The number of alkyl halides is 3. The molecular weight excluding hydrogens is 395 g/mol. The van der Waals surface area contributed by atoms with E-state index in [0.29, 0.717) is 32.6 Å². The van der Waals surface area contributed by atoms with Gasteiger partial charge in [0.15, 0.2) is 5.69 Å². The molecule has 0 atom stereocenters. The Labute approximate surface area is 163 Å². The lowest BCUT2D eigenvalue weighted by Crippen LogP contribution is -2.17. The average Bonchev–Trinajstić information content (AvgIpc) is 2.58. The topological polar surface area (TPSA) is 59.4 Å². The lowest BCUT2D eigenvalue weighted by atomic mass is 9.88. The second-order valence-corrected chi connectivity index (χ2v) is 6.88. The fourth-order valence-electron chi connectivity index (χ4n) is 3.14. The molecule has 0 bridgehead atoms. The minimum atomic E-state index is -4.84. The first-order valence-corrected chi connectivity index (χ1v) is 8.67. The van der Waals surface area contributed by atoms with E-state index in [2.05, 4.69) is 9.72 Å². The molecule has 0 aliphatic rings. The normalized spacial score (nSPS) is 11.8. The molecule has 0 aliphatic carbocycles. The van der Waals surface area contributed by atoms with Crippen LogP contribution in [0.1, 0.15) is 35.8 Å². The van der Waals surface area contributed by atoms with Crippen molar-refractivity contribution < 1.29 is 27.8 Å². The summed E-state index contributed by atoms with van der Waals surface area (Å²) in [6.45, 7) is 3.58. The van der Waals surface area contributed by atoms with Crippen molar-refractivity contribution in [3.63, 3.8) is 0 Å². The Morgan fingerprint density at radius 2 is 1.89 bits per heavy atom. The molecule has 0 fully saturated rings. The van der Waals surface area contributed by atoms with Gasteiger partial charge in [0.2, 0.25) is 0 Å². The van der Waals surface area contributed by atoms with Crippen molar-refractivity contribution in [2.45, 2.75) is 26.1 Å². The number of rotatable bonds is 4. The highest BCUT2D eigenvalue weighted by Gasteiger charge is 2.31. The molecule has 146 valence electrons. The fourth-order valence-corrected chi connectivity index (χ4v) is 3.31. The molecule has 0 amide bonds.